The van der Waals surface area contributed by atoms with Gasteiger partial charge in [0.1, 0.15) is 15.8 Å². The molecule has 4 bridgehead atoms. The molecule has 1 amide bonds. The summed E-state index contributed by atoms with van der Waals surface area (Å²) in [7, 11) is 0. The minimum atomic E-state index is 0.0620. The molecular formula is C24H22ClNO2S2. The Morgan fingerprint density at radius 2 is 1.67 bits per heavy atom. The highest BCUT2D eigenvalue weighted by Gasteiger charge is 2.53. The average Bonchev–Trinajstić information content (AvgIpc) is 3.28. The van der Waals surface area contributed by atoms with Gasteiger partial charge in [-0.15, -0.1) is 0 Å². The van der Waals surface area contributed by atoms with E-state index in [9.17, 15) is 4.79 Å². The minimum Gasteiger partial charge on any atom is -0.457 e. The van der Waals surface area contributed by atoms with Crippen LogP contribution in [-0.2, 0) is 4.79 Å². The predicted molar refractivity (Wildman–Crippen MR) is 125 cm³/mol. The first kappa shape index (κ1) is 19.1. The lowest BCUT2D eigenvalue weighted by Crippen LogP contribution is -2.57. The maximum atomic E-state index is 13.4. The van der Waals surface area contributed by atoms with Crippen LogP contribution < -0.4 is 0 Å². The Labute approximate surface area is 190 Å². The Bertz CT molecular complexity index is 1030. The van der Waals surface area contributed by atoms with Gasteiger partial charge in [0, 0.05) is 22.7 Å². The number of benzene rings is 1. The number of hydrogen-bond acceptors (Lipinski definition) is 4. The summed E-state index contributed by atoms with van der Waals surface area (Å²) in [5.41, 5.74) is 0.959. The van der Waals surface area contributed by atoms with Gasteiger partial charge in [0.25, 0.3) is 5.91 Å². The van der Waals surface area contributed by atoms with E-state index in [1.807, 2.05) is 47.4 Å². The molecule has 4 aliphatic carbocycles. The van der Waals surface area contributed by atoms with Gasteiger partial charge in [-0.25, -0.2) is 0 Å². The van der Waals surface area contributed by atoms with Crippen molar-refractivity contribution < 1.29 is 9.21 Å². The van der Waals surface area contributed by atoms with Crippen LogP contribution in [0.3, 0.4) is 0 Å². The highest BCUT2D eigenvalue weighted by molar-refractivity contribution is 8.26. The molecule has 0 unspecified atom stereocenters. The molecule has 1 aromatic carbocycles. The molecule has 0 radical (unpaired) electrons. The van der Waals surface area contributed by atoms with Gasteiger partial charge in [-0.05, 0) is 92.2 Å². The molecular weight excluding hydrogens is 434 g/mol. The van der Waals surface area contributed by atoms with Crippen LogP contribution in [0.5, 0.6) is 0 Å². The van der Waals surface area contributed by atoms with Crippen molar-refractivity contribution in [1.29, 1.82) is 0 Å². The number of carbonyl (C=O) groups excluding carboxylic acids is 1. The topological polar surface area (TPSA) is 33.5 Å². The van der Waals surface area contributed by atoms with Crippen LogP contribution in [0.15, 0.2) is 45.7 Å². The van der Waals surface area contributed by atoms with Gasteiger partial charge in [-0.3, -0.25) is 9.69 Å². The molecule has 1 aliphatic heterocycles. The second kappa shape index (κ2) is 7.25. The normalized spacial score (nSPS) is 33.8. The first-order valence-electron chi connectivity index (χ1n) is 10.7. The monoisotopic (exact) mass is 455 g/mol. The second-order valence-electron chi connectivity index (χ2n) is 9.18. The number of thioether (sulfide) groups is 1. The van der Waals surface area contributed by atoms with Crippen LogP contribution in [0.25, 0.3) is 17.4 Å². The van der Waals surface area contributed by atoms with Crippen LogP contribution in [0.2, 0.25) is 5.02 Å². The van der Waals surface area contributed by atoms with Crippen LogP contribution in [0.4, 0.5) is 0 Å². The maximum absolute atomic E-state index is 13.4. The number of nitrogens with zero attached hydrogens (tertiary/aromatic N) is 1. The molecule has 0 atom stereocenters. The van der Waals surface area contributed by atoms with Gasteiger partial charge in [0.15, 0.2) is 0 Å². The molecule has 6 heteroatoms. The fourth-order valence-electron chi connectivity index (χ4n) is 6.38. The summed E-state index contributed by atoms with van der Waals surface area (Å²) < 4.78 is 6.70. The van der Waals surface area contributed by atoms with E-state index in [1.54, 1.807) is 0 Å². The van der Waals surface area contributed by atoms with Crippen LogP contribution >= 0.6 is 35.6 Å². The van der Waals surface area contributed by atoms with Gasteiger partial charge in [0.2, 0.25) is 0 Å². The first-order chi connectivity index (χ1) is 14.5. The molecule has 7 rings (SSSR count). The zero-order valence-electron chi connectivity index (χ0n) is 16.4. The van der Waals surface area contributed by atoms with Crippen molar-refractivity contribution in [2.45, 2.75) is 38.1 Å². The Kier molecular flexibility index (Phi) is 4.63. The molecule has 5 fully saturated rings. The molecule has 5 aliphatic rings. The molecule has 3 nitrogen and oxygen atoms in total. The summed E-state index contributed by atoms with van der Waals surface area (Å²) in [5.74, 6) is 4.51. The van der Waals surface area contributed by atoms with Crippen LogP contribution in [0, 0.1) is 23.7 Å². The molecule has 1 saturated heterocycles. The number of thiocarbonyl (C=S) groups is 1. The average molecular weight is 456 g/mol. The molecule has 1 aromatic heterocycles. The van der Waals surface area contributed by atoms with Crippen molar-refractivity contribution in [3.63, 3.8) is 0 Å². The Hall–Kier alpha value is -1.56. The maximum Gasteiger partial charge on any atom is 0.266 e. The molecule has 0 N–H and O–H groups in total. The number of hydrogen-bond donors (Lipinski definition) is 0. The predicted octanol–water partition coefficient (Wildman–Crippen LogP) is 6.63. The fourth-order valence-corrected chi connectivity index (χ4v) is 7.84. The molecule has 4 saturated carbocycles. The zero-order valence-corrected chi connectivity index (χ0v) is 18.8. The van der Waals surface area contributed by atoms with E-state index in [0.717, 1.165) is 23.2 Å². The SMILES string of the molecule is O=C1/C(=C\c2ccc(-c3ccc(Cl)cc3)o2)SC(=S)N1C1C2CC3CC(C2)CC1C3. The second-order valence-corrected chi connectivity index (χ2v) is 11.3. The molecule has 2 aromatic rings. The molecule has 0 spiro atoms. The fraction of sp³-hybridized carbons (Fsp3) is 0.417. The van der Waals surface area contributed by atoms with Gasteiger partial charge in [-0.2, -0.15) is 0 Å². The van der Waals surface area contributed by atoms with Crippen molar-refractivity contribution >= 4 is 51.9 Å². The van der Waals surface area contributed by atoms with Crippen LogP contribution in [-0.4, -0.2) is 21.2 Å². The summed E-state index contributed by atoms with van der Waals surface area (Å²) >= 11 is 13.1. The smallest absolute Gasteiger partial charge is 0.266 e. The van der Waals surface area contributed by atoms with Crippen LogP contribution in [0.1, 0.15) is 37.9 Å². The van der Waals surface area contributed by atoms with E-state index in [4.69, 9.17) is 28.2 Å². The number of furan rings is 1. The van der Waals surface area contributed by atoms with Crippen molar-refractivity contribution in [1.82, 2.24) is 4.90 Å². The zero-order chi connectivity index (χ0) is 20.4. The quantitative estimate of drug-likeness (QED) is 0.384. The first-order valence-corrected chi connectivity index (χ1v) is 12.3. The lowest BCUT2D eigenvalue weighted by Gasteiger charge is -2.56. The summed E-state index contributed by atoms with van der Waals surface area (Å²) in [5, 5.41) is 0.694. The van der Waals surface area contributed by atoms with E-state index in [-0.39, 0.29) is 5.91 Å². The summed E-state index contributed by atoms with van der Waals surface area (Å²) in [4.78, 5) is 16.0. The minimum absolute atomic E-state index is 0.0620. The lowest BCUT2D eigenvalue weighted by atomic mass is 9.54. The van der Waals surface area contributed by atoms with E-state index >= 15 is 0 Å². The molecule has 154 valence electrons. The standard InChI is InChI=1S/C24H22ClNO2S2/c25-18-3-1-15(2-4-18)20-6-5-19(28-20)12-21-23(27)26(24(29)30-21)22-16-8-13-7-14(10-16)11-17(22)9-13/h1-6,12-14,16-17,22H,7-11H2/b21-12+. The lowest BCUT2D eigenvalue weighted by molar-refractivity contribution is -0.130. The van der Waals surface area contributed by atoms with Crippen molar-refractivity contribution in [3.05, 3.63) is 52.1 Å². The Morgan fingerprint density at radius 1 is 1.00 bits per heavy atom. The number of rotatable bonds is 3. The van der Waals surface area contributed by atoms with E-state index < -0.39 is 0 Å². The molecule has 30 heavy (non-hydrogen) atoms. The van der Waals surface area contributed by atoms with Crippen molar-refractivity contribution in [2.24, 2.45) is 23.7 Å². The highest BCUT2D eigenvalue weighted by Crippen LogP contribution is 2.56. The summed E-state index contributed by atoms with van der Waals surface area (Å²) in [6.45, 7) is 0. The number of halogens is 1. The Balaban J connectivity index is 1.25. The Morgan fingerprint density at radius 3 is 2.33 bits per heavy atom. The summed E-state index contributed by atoms with van der Waals surface area (Å²) in [6, 6.07) is 11.7. The third-order valence-electron chi connectivity index (χ3n) is 7.33. The highest BCUT2D eigenvalue weighted by atomic mass is 35.5. The van der Waals surface area contributed by atoms with E-state index in [0.29, 0.717) is 37.9 Å². The van der Waals surface area contributed by atoms with Crippen molar-refractivity contribution in [3.8, 4) is 11.3 Å². The van der Waals surface area contributed by atoms with Gasteiger partial charge in [0.05, 0.1) is 4.91 Å². The largest absolute Gasteiger partial charge is 0.457 e. The summed E-state index contributed by atoms with van der Waals surface area (Å²) in [6.07, 6.45) is 8.35. The third-order valence-corrected chi connectivity index (χ3v) is 8.91. The molecule has 2 heterocycles. The van der Waals surface area contributed by atoms with E-state index in [1.165, 1.54) is 43.9 Å². The van der Waals surface area contributed by atoms with Gasteiger partial charge < -0.3 is 4.42 Å². The van der Waals surface area contributed by atoms with Gasteiger partial charge >= 0.3 is 0 Å². The van der Waals surface area contributed by atoms with Crippen molar-refractivity contribution in [2.75, 3.05) is 0 Å². The third kappa shape index (κ3) is 3.17. The van der Waals surface area contributed by atoms with Gasteiger partial charge in [-0.1, -0.05) is 35.6 Å². The number of carbonyl (C=O) groups is 1. The van der Waals surface area contributed by atoms with E-state index in [2.05, 4.69) is 0 Å². The number of amides is 1.